The Morgan fingerprint density at radius 2 is 1.86 bits per heavy atom. The van der Waals surface area contributed by atoms with Crippen molar-refractivity contribution < 1.29 is 4.74 Å². The number of hydrogen-bond donors (Lipinski definition) is 2. The summed E-state index contributed by atoms with van der Waals surface area (Å²) >= 11 is 4.81. The molecule has 2 aromatic carbocycles. The molecular weight excluding hydrogens is 282 g/mol. The number of ether oxygens (including phenoxy) is 1. The largest absolute Gasteiger partial charge is 0.485 e. The van der Waals surface area contributed by atoms with Crippen LogP contribution in [0.1, 0.15) is 23.7 Å². The second-order valence-electron chi connectivity index (χ2n) is 4.75. The molecule has 1 aliphatic rings. The van der Waals surface area contributed by atoms with Crippen molar-refractivity contribution in [3.8, 4) is 5.75 Å². The van der Waals surface area contributed by atoms with Gasteiger partial charge in [-0.2, -0.15) is 5.10 Å². The molecule has 0 bridgehead atoms. The number of rotatable bonds is 2. The molecule has 0 unspecified atom stereocenters. The van der Waals surface area contributed by atoms with E-state index in [1.54, 1.807) is 0 Å². The SMILES string of the molecule is NC(=S)N/N=C1\C[C@@H](c2ccccc2)Oc2ccccc21. The normalized spacial score (nSPS) is 18.7. The van der Waals surface area contributed by atoms with Crippen LogP contribution in [0.5, 0.6) is 5.75 Å². The number of hydrazone groups is 1. The zero-order chi connectivity index (χ0) is 14.7. The van der Waals surface area contributed by atoms with Gasteiger partial charge in [0, 0.05) is 12.0 Å². The number of nitrogens with zero attached hydrogens (tertiary/aromatic N) is 1. The Morgan fingerprint density at radius 3 is 2.62 bits per heavy atom. The van der Waals surface area contributed by atoms with Crippen molar-refractivity contribution in [1.29, 1.82) is 0 Å². The summed E-state index contributed by atoms with van der Waals surface area (Å²) in [5.74, 6) is 0.820. The average molecular weight is 297 g/mol. The monoisotopic (exact) mass is 297 g/mol. The Hall–Kier alpha value is -2.40. The number of para-hydroxylation sites is 1. The van der Waals surface area contributed by atoms with Crippen molar-refractivity contribution in [2.45, 2.75) is 12.5 Å². The van der Waals surface area contributed by atoms with Gasteiger partial charge in [0.05, 0.1) is 5.71 Å². The van der Waals surface area contributed by atoms with Gasteiger partial charge in [0.1, 0.15) is 11.9 Å². The predicted octanol–water partition coefficient (Wildman–Crippen LogP) is 2.75. The van der Waals surface area contributed by atoms with E-state index in [1.807, 2.05) is 42.5 Å². The summed E-state index contributed by atoms with van der Waals surface area (Å²) in [7, 11) is 0. The van der Waals surface area contributed by atoms with Gasteiger partial charge in [-0.25, -0.2) is 0 Å². The second-order valence-corrected chi connectivity index (χ2v) is 5.19. The van der Waals surface area contributed by atoms with E-state index in [1.165, 1.54) is 0 Å². The first kappa shape index (κ1) is 13.6. The average Bonchev–Trinajstić information content (AvgIpc) is 2.53. The minimum absolute atomic E-state index is 0.0620. The summed E-state index contributed by atoms with van der Waals surface area (Å²) < 4.78 is 6.08. The molecule has 106 valence electrons. The van der Waals surface area contributed by atoms with Gasteiger partial charge in [0.2, 0.25) is 0 Å². The standard InChI is InChI=1S/C16H15N3OS/c17-16(21)19-18-13-10-15(11-6-2-1-3-7-11)20-14-9-5-4-8-12(13)14/h1-9,15H,10H2,(H3,17,19,21)/b18-13+/t15-/m0/s1. The van der Waals surface area contributed by atoms with Crippen molar-refractivity contribution in [3.63, 3.8) is 0 Å². The summed E-state index contributed by atoms with van der Waals surface area (Å²) in [4.78, 5) is 0. The zero-order valence-corrected chi connectivity index (χ0v) is 12.1. The van der Waals surface area contributed by atoms with Gasteiger partial charge in [-0.1, -0.05) is 42.5 Å². The Kier molecular flexibility index (Phi) is 3.83. The third kappa shape index (κ3) is 3.03. The number of nitrogens with two attached hydrogens (primary N) is 1. The highest BCUT2D eigenvalue weighted by molar-refractivity contribution is 7.80. The van der Waals surface area contributed by atoms with Gasteiger partial charge in [-0.3, -0.25) is 5.43 Å². The molecule has 5 heteroatoms. The molecule has 2 aromatic rings. The van der Waals surface area contributed by atoms with Crippen LogP contribution in [0.3, 0.4) is 0 Å². The fourth-order valence-corrected chi connectivity index (χ4v) is 2.42. The minimum atomic E-state index is -0.0620. The number of hydrogen-bond acceptors (Lipinski definition) is 3. The molecule has 0 saturated carbocycles. The molecule has 1 heterocycles. The molecule has 1 aliphatic heterocycles. The molecule has 1 atom stereocenters. The summed E-state index contributed by atoms with van der Waals surface area (Å²) in [5.41, 5.74) is 11.1. The quantitative estimate of drug-likeness (QED) is 0.661. The Balaban J connectivity index is 1.96. The highest BCUT2D eigenvalue weighted by atomic mass is 32.1. The second kappa shape index (κ2) is 5.93. The van der Waals surface area contributed by atoms with Crippen molar-refractivity contribution in [3.05, 3.63) is 65.7 Å². The van der Waals surface area contributed by atoms with Crippen LogP contribution in [0.15, 0.2) is 59.7 Å². The van der Waals surface area contributed by atoms with E-state index in [0.717, 1.165) is 22.6 Å². The third-order valence-electron chi connectivity index (χ3n) is 3.32. The van der Waals surface area contributed by atoms with Crippen molar-refractivity contribution >= 4 is 23.0 Å². The molecule has 0 spiro atoms. The van der Waals surface area contributed by atoms with Crippen molar-refractivity contribution in [2.24, 2.45) is 10.8 Å². The molecule has 0 aromatic heterocycles. The lowest BCUT2D eigenvalue weighted by Gasteiger charge is -2.27. The molecule has 3 rings (SSSR count). The fourth-order valence-electron chi connectivity index (χ4n) is 2.37. The number of nitrogens with one attached hydrogen (secondary N) is 1. The topological polar surface area (TPSA) is 59.6 Å². The van der Waals surface area contributed by atoms with Crippen LogP contribution in [0.2, 0.25) is 0 Å². The van der Waals surface area contributed by atoms with Gasteiger partial charge in [0.25, 0.3) is 0 Å². The van der Waals surface area contributed by atoms with E-state index in [4.69, 9.17) is 22.7 Å². The van der Waals surface area contributed by atoms with Gasteiger partial charge >= 0.3 is 0 Å². The van der Waals surface area contributed by atoms with Gasteiger partial charge in [0.15, 0.2) is 5.11 Å². The lowest BCUT2D eigenvalue weighted by molar-refractivity contribution is 0.206. The summed E-state index contributed by atoms with van der Waals surface area (Å²) in [6, 6.07) is 17.9. The Labute approximate surface area is 128 Å². The summed E-state index contributed by atoms with van der Waals surface area (Å²) in [5, 5.41) is 4.48. The van der Waals surface area contributed by atoms with Gasteiger partial charge in [-0.05, 0) is 29.9 Å². The zero-order valence-electron chi connectivity index (χ0n) is 11.3. The number of fused-ring (bicyclic) bond motifs is 1. The first-order valence-electron chi connectivity index (χ1n) is 6.67. The molecule has 21 heavy (non-hydrogen) atoms. The van der Waals surface area contributed by atoms with E-state index in [2.05, 4.69) is 22.7 Å². The highest BCUT2D eigenvalue weighted by Crippen LogP contribution is 2.34. The molecular formula is C16H15N3OS. The maximum absolute atomic E-state index is 6.08. The molecule has 0 fully saturated rings. The molecule has 0 amide bonds. The maximum atomic E-state index is 6.08. The maximum Gasteiger partial charge on any atom is 0.184 e. The van der Waals surface area contributed by atoms with Crippen LogP contribution in [-0.4, -0.2) is 10.8 Å². The number of benzene rings is 2. The number of thiocarbonyl (C=S) groups is 1. The molecule has 0 aliphatic carbocycles. The van der Waals surface area contributed by atoms with Crippen LogP contribution in [0.4, 0.5) is 0 Å². The van der Waals surface area contributed by atoms with E-state index < -0.39 is 0 Å². The van der Waals surface area contributed by atoms with Gasteiger partial charge < -0.3 is 10.5 Å². The van der Waals surface area contributed by atoms with E-state index in [-0.39, 0.29) is 11.2 Å². The highest BCUT2D eigenvalue weighted by Gasteiger charge is 2.25. The van der Waals surface area contributed by atoms with Crippen LogP contribution < -0.4 is 15.9 Å². The van der Waals surface area contributed by atoms with Crippen LogP contribution in [-0.2, 0) is 0 Å². The molecule has 0 radical (unpaired) electrons. The van der Waals surface area contributed by atoms with Crippen LogP contribution in [0.25, 0.3) is 0 Å². The summed E-state index contributed by atoms with van der Waals surface area (Å²) in [6.07, 6.45) is 0.601. The lowest BCUT2D eigenvalue weighted by atomic mass is 9.96. The smallest absolute Gasteiger partial charge is 0.184 e. The first-order chi connectivity index (χ1) is 10.2. The fraction of sp³-hybridized carbons (Fsp3) is 0.125. The van der Waals surface area contributed by atoms with Crippen molar-refractivity contribution in [2.75, 3.05) is 0 Å². The summed E-state index contributed by atoms with van der Waals surface area (Å²) in [6.45, 7) is 0. The Morgan fingerprint density at radius 1 is 1.14 bits per heavy atom. The van der Waals surface area contributed by atoms with E-state index >= 15 is 0 Å². The molecule has 3 N–H and O–H groups in total. The van der Waals surface area contributed by atoms with Crippen LogP contribution in [0, 0.1) is 0 Å². The predicted molar refractivity (Wildman–Crippen MR) is 87.3 cm³/mol. The molecule has 0 saturated heterocycles. The van der Waals surface area contributed by atoms with Crippen LogP contribution >= 0.6 is 12.2 Å². The van der Waals surface area contributed by atoms with E-state index in [0.29, 0.717) is 6.42 Å². The lowest BCUT2D eigenvalue weighted by Crippen LogP contribution is -2.28. The third-order valence-corrected chi connectivity index (χ3v) is 3.41. The van der Waals surface area contributed by atoms with Crippen molar-refractivity contribution in [1.82, 2.24) is 5.43 Å². The van der Waals surface area contributed by atoms with E-state index in [9.17, 15) is 0 Å². The van der Waals surface area contributed by atoms with Gasteiger partial charge in [-0.15, -0.1) is 0 Å². The Bertz CT molecular complexity index is 685. The minimum Gasteiger partial charge on any atom is -0.485 e. The molecule has 4 nitrogen and oxygen atoms in total. The first-order valence-corrected chi connectivity index (χ1v) is 7.08.